The zero-order valence-corrected chi connectivity index (χ0v) is 7.43. The summed E-state index contributed by atoms with van der Waals surface area (Å²) < 4.78 is 26.6. The molecule has 4 N–H and O–H groups in total. The van der Waals surface area contributed by atoms with Gasteiger partial charge in [0.1, 0.15) is 11.6 Å². The summed E-state index contributed by atoms with van der Waals surface area (Å²) in [5.74, 6) is -1.46. The molecule has 1 aliphatic rings. The second-order valence-electron chi connectivity index (χ2n) is 3.29. The van der Waals surface area contributed by atoms with E-state index < -0.39 is 17.8 Å². The maximum absolute atomic E-state index is 13.3. The van der Waals surface area contributed by atoms with E-state index in [1.54, 1.807) is 0 Å². The number of halogens is 2. The van der Waals surface area contributed by atoms with Crippen molar-refractivity contribution in [2.24, 2.45) is 5.73 Å². The van der Waals surface area contributed by atoms with Crippen LogP contribution in [0.5, 0.6) is 0 Å². The maximum atomic E-state index is 13.3. The Bertz CT molecular complexity index is 323. The second-order valence-corrected chi connectivity index (χ2v) is 3.29. The monoisotopic (exact) mass is 199 g/mol. The highest BCUT2D eigenvalue weighted by atomic mass is 19.1. The van der Waals surface area contributed by atoms with Crippen molar-refractivity contribution in [3.8, 4) is 0 Å². The molecule has 0 bridgehead atoms. The van der Waals surface area contributed by atoms with Crippen LogP contribution in [0.4, 0.5) is 8.78 Å². The van der Waals surface area contributed by atoms with Crippen LogP contribution in [0.2, 0.25) is 0 Å². The molecule has 1 aliphatic heterocycles. The molecule has 14 heavy (non-hydrogen) atoms. The number of hydrazine groups is 1. The highest BCUT2D eigenvalue weighted by Gasteiger charge is 2.29. The zero-order valence-electron chi connectivity index (χ0n) is 7.43. The molecule has 2 rings (SSSR count). The summed E-state index contributed by atoms with van der Waals surface area (Å²) in [6.45, 7) is 0.430. The van der Waals surface area contributed by atoms with Crippen molar-refractivity contribution in [1.82, 2.24) is 10.9 Å². The minimum Gasteiger partial charge on any atom is -0.314 e. The van der Waals surface area contributed by atoms with E-state index >= 15 is 0 Å². The number of benzene rings is 1. The molecule has 3 nitrogen and oxygen atoms in total. The van der Waals surface area contributed by atoms with Gasteiger partial charge in [0.25, 0.3) is 0 Å². The molecule has 0 aromatic heterocycles. The third-order valence-corrected chi connectivity index (χ3v) is 2.39. The van der Waals surface area contributed by atoms with Crippen molar-refractivity contribution in [3.05, 3.63) is 35.4 Å². The minimum atomic E-state index is -0.545. The van der Waals surface area contributed by atoms with Gasteiger partial charge in [-0.3, -0.25) is 5.43 Å². The van der Waals surface area contributed by atoms with Crippen molar-refractivity contribution in [2.75, 3.05) is 6.54 Å². The average molecular weight is 199 g/mol. The first-order chi connectivity index (χ1) is 6.70. The van der Waals surface area contributed by atoms with Gasteiger partial charge in [0.05, 0.1) is 6.17 Å². The fraction of sp³-hybridized carbons (Fsp3) is 0.333. The zero-order chi connectivity index (χ0) is 10.1. The van der Waals surface area contributed by atoms with Crippen molar-refractivity contribution < 1.29 is 8.78 Å². The number of nitrogens with two attached hydrogens (primary N) is 1. The molecule has 5 heteroatoms. The normalized spacial score (nSPS) is 26.8. The molecule has 1 fully saturated rings. The Hall–Kier alpha value is -1.04. The lowest BCUT2D eigenvalue weighted by Gasteiger charge is -2.15. The smallest absolute Gasteiger partial charge is 0.129 e. The third kappa shape index (κ3) is 1.50. The largest absolute Gasteiger partial charge is 0.314 e. The lowest BCUT2D eigenvalue weighted by molar-refractivity contribution is 0.494. The molecular weight excluding hydrogens is 188 g/mol. The van der Waals surface area contributed by atoms with Gasteiger partial charge < -0.3 is 5.73 Å². The van der Waals surface area contributed by atoms with Gasteiger partial charge in [0.2, 0.25) is 0 Å². The van der Waals surface area contributed by atoms with E-state index in [1.807, 2.05) is 0 Å². The van der Waals surface area contributed by atoms with Gasteiger partial charge in [-0.25, -0.2) is 14.2 Å². The van der Waals surface area contributed by atoms with E-state index in [0.717, 1.165) is 0 Å². The predicted molar refractivity (Wildman–Crippen MR) is 48.2 cm³/mol. The SMILES string of the molecule is NC1NNCC1c1c(F)cccc1F. The van der Waals surface area contributed by atoms with Gasteiger partial charge in [-0.2, -0.15) is 0 Å². The first-order valence-corrected chi connectivity index (χ1v) is 4.38. The highest BCUT2D eigenvalue weighted by molar-refractivity contribution is 5.26. The molecule has 0 radical (unpaired) electrons. The van der Waals surface area contributed by atoms with E-state index in [-0.39, 0.29) is 11.5 Å². The Labute approximate surface area is 80.3 Å². The molecule has 0 aliphatic carbocycles. The summed E-state index contributed by atoms with van der Waals surface area (Å²) in [5.41, 5.74) is 11.2. The topological polar surface area (TPSA) is 50.1 Å². The average Bonchev–Trinajstić information content (AvgIpc) is 2.52. The van der Waals surface area contributed by atoms with Crippen LogP contribution in [0.15, 0.2) is 18.2 Å². The van der Waals surface area contributed by atoms with E-state index in [9.17, 15) is 8.78 Å². The van der Waals surface area contributed by atoms with Crippen LogP contribution in [-0.2, 0) is 0 Å². The molecule has 0 saturated carbocycles. The second kappa shape index (κ2) is 3.61. The maximum Gasteiger partial charge on any atom is 0.129 e. The molecule has 76 valence electrons. The van der Waals surface area contributed by atoms with E-state index in [0.29, 0.717) is 6.54 Å². The minimum absolute atomic E-state index is 0.0532. The summed E-state index contributed by atoms with van der Waals surface area (Å²) in [4.78, 5) is 0. The van der Waals surface area contributed by atoms with Crippen molar-refractivity contribution in [3.63, 3.8) is 0 Å². The van der Waals surface area contributed by atoms with E-state index in [1.165, 1.54) is 18.2 Å². The Morgan fingerprint density at radius 3 is 2.43 bits per heavy atom. The van der Waals surface area contributed by atoms with Crippen LogP contribution < -0.4 is 16.6 Å². The summed E-state index contributed by atoms with van der Waals surface area (Å²) >= 11 is 0. The van der Waals surface area contributed by atoms with Gasteiger partial charge in [-0.1, -0.05) is 6.07 Å². The Morgan fingerprint density at radius 2 is 1.93 bits per heavy atom. The van der Waals surface area contributed by atoms with Crippen molar-refractivity contribution in [2.45, 2.75) is 12.1 Å². The number of hydrogen-bond donors (Lipinski definition) is 3. The van der Waals surface area contributed by atoms with Crippen LogP contribution in [0.25, 0.3) is 0 Å². The number of rotatable bonds is 1. The molecule has 2 atom stereocenters. The van der Waals surface area contributed by atoms with Crippen LogP contribution in [-0.4, -0.2) is 12.7 Å². The summed E-state index contributed by atoms with van der Waals surface area (Å²) in [6, 6.07) is 3.82. The standard InChI is InChI=1S/C9H11F2N3/c10-6-2-1-3-7(11)8(6)5-4-13-14-9(5)12/h1-3,5,9,13-14H,4,12H2. The molecule has 0 amide bonds. The highest BCUT2D eigenvalue weighted by Crippen LogP contribution is 2.25. The quantitative estimate of drug-likeness (QED) is 0.615. The van der Waals surface area contributed by atoms with Gasteiger partial charge in [0.15, 0.2) is 0 Å². The lowest BCUT2D eigenvalue weighted by atomic mass is 9.96. The molecule has 0 spiro atoms. The Morgan fingerprint density at radius 1 is 1.29 bits per heavy atom. The van der Waals surface area contributed by atoms with Crippen molar-refractivity contribution in [1.29, 1.82) is 0 Å². The first kappa shape index (κ1) is 9.51. The van der Waals surface area contributed by atoms with Crippen LogP contribution >= 0.6 is 0 Å². The van der Waals surface area contributed by atoms with Gasteiger partial charge in [-0.15, -0.1) is 0 Å². The predicted octanol–water partition coefficient (Wildman–Crippen LogP) is 0.441. The molecular formula is C9H11F2N3. The van der Waals surface area contributed by atoms with Crippen molar-refractivity contribution >= 4 is 0 Å². The first-order valence-electron chi connectivity index (χ1n) is 4.38. The summed E-state index contributed by atoms with van der Waals surface area (Å²) in [7, 11) is 0. The van der Waals surface area contributed by atoms with Crippen LogP contribution in [0, 0.1) is 11.6 Å². The third-order valence-electron chi connectivity index (χ3n) is 2.39. The molecule has 1 heterocycles. The number of hydrogen-bond acceptors (Lipinski definition) is 3. The number of nitrogens with one attached hydrogen (secondary N) is 2. The van der Waals surface area contributed by atoms with Gasteiger partial charge in [0, 0.05) is 18.0 Å². The van der Waals surface area contributed by atoms with Crippen LogP contribution in [0.1, 0.15) is 11.5 Å². The molecule has 1 aromatic carbocycles. The lowest BCUT2D eigenvalue weighted by Crippen LogP contribution is -2.38. The van der Waals surface area contributed by atoms with E-state index in [4.69, 9.17) is 5.73 Å². The van der Waals surface area contributed by atoms with Crippen LogP contribution in [0.3, 0.4) is 0 Å². The summed E-state index contributed by atoms with van der Waals surface area (Å²) in [6.07, 6.45) is -0.457. The Balaban J connectivity index is 2.39. The Kier molecular flexibility index (Phi) is 2.45. The summed E-state index contributed by atoms with van der Waals surface area (Å²) in [5, 5.41) is 0. The fourth-order valence-corrected chi connectivity index (χ4v) is 1.66. The molecule has 1 saturated heterocycles. The van der Waals surface area contributed by atoms with Gasteiger partial charge in [-0.05, 0) is 12.1 Å². The fourth-order valence-electron chi connectivity index (χ4n) is 1.66. The molecule has 1 aromatic rings. The van der Waals surface area contributed by atoms with Gasteiger partial charge >= 0.3 is 0 Å². The van der Waals surface area contributed by atoms with E-state index in [2.05, 4.69) is 10.9 Å². The molecule has 2 unspecified atom stereocenters.